The number of carbonyl (C=O) groups excluding carboxylic acids is 1. The lowest BCUT2D eigenvalue weighted by molar-refractivity contribution is 0.102. The van der Waals surface area contributed by atoms with Crippen LogP contribution in [0.5, 0.6) is 0 Å². The van der Waals surface area contributed by atoms with Gasteiger partial charge in [0.1, 0.15) is 18.5 Å². The molecule has 1 N–H and O–H groups in total. The van der Waals surface area contributed by atoms with E-state index in [1.165, 1.54) is 41.6 Å². The Bertz CT molecular complexity index is 803. The number of nitrogens with zero attached hydrogens (tertiary/aromatic N) is 3. The molecule has 0 radical (unpaired) electrons. The first-order valence-corrected chi connectivity index (χ1v) is 6.73. The quantitative estimate of drug-likeness (QED) is 0.806. The van der Waals surface area contributed by atoms with Crippen LogP contribution < -0.4 is 5.32 Å². The summed E-state index contributed by atoms with van der Waals surface area (Å²) in [4.78, 5) is 16.3. The third kappa shape index (κ3) is 2.82. The zero-order valence-electron chi connectivity index (χ0n) is 11.2. The van der Waals surface area contributed by atoms with Gasteiger partial charge in [-0.15, -0.1) is 0 Å². The smallest absolute Gasteiger partial charge is 0.259 e. The lowest BCUT2D eigenvalue weighted by Gasteiger charge is -2.11. The first-order valence-electron chi connectivity index (χ1n) is 6.35. The van der Waals surface area contributed by atoms with Crippen LogP contribution in [-0.4, -0.2) is 20.7 Å². The highest BCUT2D eigenvalue weighted by Gasteiger charge is 2.17. The molecule has 1 aromatic heterocycles. The maximum absolute atomic E-state index is 12.9. The van der Waals surface area contributed by atoms with Crippen molar-refractivity contribution in [3.63, 3.8) is 0 Å². The van der Waals surface area contributed by atoms with Gasteiger partial charge in [0.2, 0.25) is 0 Å². The highest BCUT2D eigenvalue weighted by atomic mass is 35.5. The number of amides is 1. The Morgan fingerprint density at radius 2 is 1.95 bits per heavy atom. The Kier molecular flexibility index (Phi) is 3.84. The standard InChI is InChI=1S/C15H10ClFN4O/c16-12-2-1-3-13(21-9-18-8-19-21)14(12)15(22)20-11-6-4-10(17)5-7-11/h1-9H,(H,20,22). The minimum Gasteiger partial charge on any atom is -0.322 e. The predicted molar refractivity (Wildman–Crippen MR) is 80.7 cm³/mol. The Hall–Kier alpha value is -2.73. The number of nitrogens with one attached hydrogen (secondary N) is 1. The summed E-state index contributed by atoms with van der Waals surface area (Å²) in [6.07, 6.45) is 2.84. The van der Waals surface area contributed by atoms with Crippen molar-refractivity contribution >= 4 is 23.2 Å². The first-order chi connectivity index (χ1) is 10.6. The molecule has 110 valence electrons. The Labute approximate surface area is 130 Å². The number of carbonyl (C=O) groups is 1. The molecule has 1 heterocycles. The summed E-state index contributed by atoms with van der Waals surface area (Å²) in [5.74, 6) is -0.790. The van der Waals surface area contributed by atoms with E-state index in [1.54, 1.807) is 18.2 Å². The van der Waals surface area contributed by atoms with Crippen LogP contribution >= 0.6 is 11.6 Å². The molecule has 0 spiro atoms. The molecular formula is C15H10ClFN4O. The molecule has 0 saturated carbocycles. The highest BCUT2D eigenvalue weighted by molar-refractivity contribution is 6.35. The summed E-state index contributed by atoms with van der Waals surface area (Å²) < 4.78 is 14.4. The minimum atomic E-state index is -0.414. The van der Waals surface area contributed by atoms with Crippen molar-refractivity contribution in [3.05, 3.63) is 71.5 Å². The van der Waals surface area contributed by atoms with Crippen molar-refractivity contribution in [2.45, 2.75) is 0 Å². The molecule has 3 aromatic rings. The van der Waals surface area contributed by atoms with Gasteiger partial charge in [-0.05, 0) is 36.4 Å². The lowest BCUT2D eigenvalue weighted by Crippen LogP contribution is -2.16. The van der Waals surface area contributed by atoms with Crippen molar-refractivity contribution in [1.29, 1.82) is 0 Å². The lowest BCUT2D eigenvalue weighted by atomic mass is 10.1. The fourth-order valence-electron chi connectivity index (χ4n) is 1.99. The molecule has 0 aliphatic rings. The van der Waals surface area contributed by atoms with Crippen molar-refractivity contribution in [2.75, 3.05) is 5.32 Å². The fourth-order valence-corrected chi connectivity index (χ4v) is 2.24. The molecule has 0 atom stereocenters. The molecule has 0 aliphatic heterocycles. The summed E-state index contributed by atoms with van der Waals surface area (Å²) in [6, 6.07) is 10.5. The molecule has 0 fully saturated rings. The zero-order valence-corrected chi connectivity index (χ0v) is 12.0. The van der Waals surface area contributed by atoms with Crippen LogP contribution in [0.25, 0.3) is 5.69 Å². The molecule has 0 bridgehead atoms. The van der Waals surface area contributed by atoms with Crippen LogP contribution in [-0.2, 0) is 0 Å². The van der Waals surface area contributed by atoms with E-state index in [0.29, 0.717) is 11.4 Å². The monoisotopic (exact) mass is 316 g/mol. The summed E-state index contributed by atoms with van der Waals surface area (Å²) in [5.41, 5.74) is 1.24. The van der Waals surface area contributed by atoms with E-state index in [9.17, 15) is 9.18 Å². The Morgan fingerprint density at radius 1 is 1.18 bits per heavy atom. The third-order valence-electron chi connectivity index (χ3n) is 2.99. The summed E-state index contributed by atoms with van der Waals surface area (Å²) >= 11 is 6.15. The van der Waals surface area contributed by atoms with Crippen molar-refractivity contribution in [3.8, 4) is 5.69 Å². The first kappa shape index (κ1) is 14.2. The topological polar surface area (TPSA) is 59.8 Å². The van der Waals surface area contributed by atoms with E-state index < -0.39 is 5.91 Å². The maximum Gasteiger partial charge on any atom is 0.259 e. The number of benzene rings is 2. The maximum atomic E-state index is 12.9. The fraction of sp³-hybridized carbons (Fsp3) is 0. The summed E-state index contributed by atoms with van der Waals surface area (Å²) in [6.45, 7) is 0. The van der Waals surface area contributed by atoms with Crippen LogP contribution in [0.3, 0.4) is 0 Å². The van der Waals surface area contributed by atoms with Crippen LogP contribution in [0, 0.1) is 5.82 Å². The molecule has 0 unspecified atom stereocenters. The van der Waals surface area contributed by atoms with Gasteiger partial charge >= 0.3 is 0 Å². The van der Waals surface area contributed by atoms with Crippen molar-refractivity contribution in [1.82, 2.24) is 14.8 Å². The molecule has 1 amide bonds. The zero-order chi connectivity index (χ0) is 15.5. The van der Waals surface area contributed by atoms with Gasteiger partial charge in [0.05, 0.1) is 16.3 Å². The van der Waals surface area contributed by atoms with Crippen LogP contribution in [0.2, 0.25) is 5.02 Å². The van der Waals surface area contributed by atoms with Gasteiger partial charge in [-0.2, -0.15) is 5.10 Å². The number of anilines is 1. The van der Waals surface area contributed by atoms with E-state index in [1.807, 2.05) is 0 Å². The number of aromatic nitrogens is 3. The van der Waals surface area contributed by atoms with Crippen molar-refractivity contribution < 1.29 is 9.18 Å². The van der Waals surface area contributed by atoms with Crippen LogP contribution in [0.4, 0.5) is 10.1 Å². The second-order valence-electron chi connectivity index (χ2n) is 4.44. The van der Waals surface area contributed by atoms with E-state index in [2.05, 4.69) is 15.4 Å². The molecule has 0 aliphatic carbocycles. The van der Waals surface area contributed by atoms with Gasteiger partial charge < -0.3 is 5.32 Å². The van der Waals surface area contributed by atoms with Crippen molar-refractivity contribution in [2.24, 2.45) is 0 Å². The minimum absolute atomic E-state index is 0.263. The van der Waals surface area contributed by atoms with E-state index in [4.69, 9.17) is 11.6 Å². The molecule has 7 heteroatoms. The molecular weight excluding hydrogens is 307 g/mol. The Balaban J connectivity index is 1.97. The number of hydrogen-bond acceptors (Lipinski definition) is 3. The summed E-state index contributed by atoms with van der Waals surface area (Å²) in [7, 11) is 0. The second kappa shape index (κ2) is 5.95. The van der Waals surface area contributed by atoms with E-state index >= 15 is 0 Å². The van der Waals surface area contributed by atoms with Gasteiger partial charge in [-0.1, -0.05) is 17.7 Å². The van der Waals surface area contributed by atoms with Crippen LogP contribution in [0.15, 0.2) is 55.1 Å². The van der Waals surface area contributed by atoms with Crippen LogP contribution in [0.1, 0.15) is 10.4 Å². The number of halogens is 2. The average molecular weight is 317 g/mol. The normalized spacial score (nSPS) is 10.5. The van der Waals surface area contributed by atoms with Gasteiger partial charge in [0.25, 0.3) is 5.91 Å². The van der Waals surface area contributed by atoms with E-state index in [-0.39, 0.29) is 16.4 Å². The van der Waals surface area contributed by atoms with Gasteiger partial charge in [-0.25, -0.2) is 14.1 Å². The predicted octanol–water partition coefficient (Wildman–Crippen LogP) is 3.31. The Morgan fingerprint density at radius 3 is 2.64 bits per heavy atom. The largest absolute Gasteiger partial charge is 0.322 e. The SMILES string of the molecule is O=C(Nc1ccc(F)cc1)c1c(Cl)cccc1-n1cncn1. The molecule has 0 saturated heterocycles. The average Bonchev–Trinajstić information content (AvgIpc) is 3.03. The molecule has 3 rings (SSSR count). The molecule has 5 nitrogen and oxygen atoms in total. The van der Waals surface area contributed by atoms with Gasteiger partial charge in [0.15, 0.2) is 0 Å². The second-order valence-corrected chi connectivity index (χ2v) is 4.84. The van der Waals surface area contributed by atoms with Gasteiger partial charge in [-0.3, -0.25) is 4.79 Å². The molecule has 22 heavy (non-hydrogen) atoms. The van der Waals surface area contributed by atoms with Gasteiger partial charge in [0, 0.05) is 5.69 Å². The third-order valence-corrected chi connectivity index (χ3v) is 3.30. The molecule has 2 aromatic carbocycles. The number of rotatable bonds is 3. The summed E-state index contributed by atoms with van der Waals surface area (Å²) in [5, 5.41) is 6.97. The van der Waals surface area contributed by atoms with E-state index in [0.717, 1.165) is 0 Å². The highest BCUT2D eigenvalue weighted by Crippen LogP contribution is 2.24. The number of hydrogen-bond donors (Lipinski definition) is 1.